The first-order valence-electron chi connectivity index (χ1n) is 4.89. The van der Waals surface area contributed by atoms with Gasteiger partial charge in [-0.2, -0.15) is 0 Å². The molecule has 0 atom stereocenters. The third-order valence-electron chi connectivity index (χ3n) is 1.94. The largest absolute Gasteiger partial charge is 0.352 e. The quantitative estimate of drug-likeness (QED) is 0.517. The molecular formula is C12H14INO. The molecular weight excluding hydrogens is 301 g/mol. The lowest BCUT2D eigenvalue weighted by atomic mass is 10.2. The summed E-state index contributed by atoms with van der Waals surface area (Å²) in [5.41, 5.74) is 0.718. The Labute approximate surface area is 104 Å². The Kier molecular flexibility index (Phi) is 5.39. The summed E-state index contributed by atoms with van der Waals surface area (Å²) < 4.78 is 1.14. The Morgan fingerprint density at radius 1 is 1.40 bits per heavy atom. The zero-order valence-corrected chi connectivity index (χ0v) is 10.8. The minimum absolute atomic E-state index is 0.00379. The Hall–Kier alpha value is -0.840. The summed E-state index contributed by atoms with van der Waals surface area (Å²) in [6.45, 7) is 2.66. The first kappa shape index (κ1) is 12.2. The number of benzene rings is 1. The predicted octanol–water partition coefficient (Wildman–Crippen LogP) is 2.99. The molecule has 0 spiro atoms. The second kappa shape index (κ2) is 6.61. The van der Waals surface area contributed by atoms with Gasteiger partial charge in [0.05, 0.1) is 0 Å². The van der Waals surface area contributed by atoms with Gasteiger partial charge in [-0.05, 0) is 60.2 Å². The third-order valence-corrected chi connectivity index (χ3v) is 2.66. The van der Waals surface area contributed by atoms with E-state index in [-0.39, 0.29) is 5.91 Å². The molecule has 0 aliphatic carbocycles. The third kappa shape index (κ3) is 4.46. The van der Waals surface area contributed by atoms with E-state index in [2.05, 4.69) is 27.9 Å². The van der Waals surface area contributed by atoms with E-state index < -0.39 is 0 Å². The summed E-state index contributed by atoms with van der Waals surface area (Å²) >= 11 is 2.22. The van der Waals surface area contributed by atoms with Gasteiger partial charge in [-0.3, -0.25) is 4.79 Å². The zero-order valence-electron chi connectivity index (χ0n) is 8.66. The minimum Gasteiger partial charge on any atom is -0.352 e. The standard InChI is InChI=1S/C12H14INO/c1-2-3-4-9-14-12(15)10-5-7-11(13)8-6-10/h2-3,5-8H,4,9H2,1H3,(H,14,15)/b3-2+. The van der Waals surface area contributed by atoms with Gasteiger partial charge in [-0.25, -0.2) is 0 Å². The molecule has 0 bridgehead atoms. The topological polar surface area (TPSA) is 29.1 Å². The molecule has 1 rings (SSSR count). The number of carbonyl (C=O) groups is 1. The van der Waals surface area contributed by atoms with Crippen molar-refractivity contribution in [3.05, 3.63) is 45.6 Å². The lowest BCUT2D eigenvalue weighted by molar-refractivity contribution is 0.0954. The number of nitrogens with one attached hydrogen (secondary N) is 1. The highest BCUT2D eigenvalue weighted by Gasteiger charge is 2.02. The number of amides is 1. The molecule has 0 aliphatic rings. The Balaban J connectivity index is 2.43. The molecule has 80 valence electrons. The van der Waals surface area contributed by atoms with Gasteiger partial charge in [0.15, 0.2) is 0 Å². The SMILES string of the molecule is C/C=C/CCNC(=O)c1ccc(I)cc1. The predicted molar refractivity (Wildman–Crippen MR) is 70.9 cm³/mol. The van der Waals surface area contributed by atoms with E-state index in [9.17, 15) is 4.79 Å². The van der Waals surface area contributed by atoms with Gasteiger partial charge >= 0.3 is 0 Å². The van der Waals surface area contributed by atoms with Crippen molar-refractivity contribution in [3.63, 3.8) is 0 Å². The van der Waals surface area contributed by atoms with Crippen LogP contribution < -0.4 is 5.32 Å². The van der Waals surface area contributed by atoms with Crippen molar-refractivity contribution in [2.75, 3.05) is 6.54 Å². The molecule has 1 N–H and O–H groups in total. The van der Waals surface area contributed by atoms with Crippen molar-refractivity contribution in [3.8, 4) is 0 Å². The van der Waals surface area contributed by atoms with Crippen LogP contribution in [0, 0.1) is 3.57 Å². The van der Waals surface area contributed by atoms with E-state index in [4.69, 9.17) is 0 Å². The number of halogens is 1. The number of rotatable bonds is 4. The molecule has 1 aromatic rings. The van der Waals surface area contributed by atoms with Crippen LogP contribution in [-0.2, 0) is 0 Å². The number of hydrogen-bond donors (Lipinski definition) is 1. The van der Waals surface area contributed by atoms with Crippen LogP contribution in [0.1, 0.15) is 23.7 Å². The fourth-order valence-electron chi connectivity index (χ4n) is 1.14. The van der Waals surface area contributed by atoms with Gasteiger partial charge in [0.1, 0.15) is 0 Å². The molecule has 1 aromatic carbocycles. The van der Waals surface area contributed by atoms with Gasteiger partial charge in [-0.15, -0.1) is 0 Å². The monoisotopic (exact) mass is 315 g/mol. The molecule has 0 aromatic heterocycles. The maximum absolute atomic E-state index is 11.6. The van der Waals surface area contributed by atoms with Crippen molar-refractivity contribution in [1.29, 1.82) is 0 Å². The highest BCUT2D eigenvalue weighted by atomic mass is 127. The molecule has 1 amide bonds. The van der Waals surface area contributed by atoms with Crippen LogP contribution >= 0.6 is 22.6 Å². The van der Waals surface area contributed by atoms with Crippen molar-refractivity contribution in [1.82, 2.24) is 5.32 Å². The van der Waals surface area contributed by atoms with Crippen LogP contribution in [0.15, 0.2) is 36.4 Å². The van der Waals surface area contributed by atoms with Crippen molar-refractivity contribution < 1.29 is 4.79 Å². The molecule has 0 saturated heterocycles. The van der Waals surface area contributed by atoms with E-state index in [1.54, 1.807) is 0 Å². The van der Waals surface area contributed by atoms with Crippen LogP contribution in [0.2, 0.25) is 0 Å². The summed E-state index contributed by atoms with van der Waals surface area (Å²) in [5.74, 6) is -0.00379. The van der Waals surface area contributed by atoms with Gasteiger partial charge in [0.25, 0.3) is 5.91 Å². The highest BCUT2D eigenvalue weighted by Crippen LogP contribution is 2.06. The number of hydrogen-bond acceptors (Lipinski definition) is 1. The molecule has 3 heteroatoms. The van der Waals surface area contributed by atoms with Gasteiger partial charge in [0.2, 0.25) is 0 Å². The molecule has 0 radical (unpaired) electrons. The fraction of sp³-hybridized carbons (Fsp3) is 0.250. The lowest BCUT2D eigenvalue weighted by Crippen LogP contribution is -2.23. The van der Waals surface area contributed by atoms with Crippen LogP contribution in [0.5, 0.6) is 0 Å². The number of carbonyl (C=O) groups excluding carboxylic acids is 1. The second-order valence-corrected chi connectivity index (χ2v) is 4.37. The fourth-order valence-corrected chi connectivity index (χ4v) is 1.50. The smallest absolute Gasteiger partial charge is 0.251 e. The number of allylic oxidation sites excluding steroid dienone is 1. The van der Waals surface area contributed by atoms with Crippen LogP contribution in [-0.4, -0.2) is 12.5 Å². The van der Waals surface area contributed by atoms with Crippen molar-refractivity contribution >= 4 is 28.5 Å². The van der Waals surface area contributed by atoms with E-state index in [0.29, 0.717) is 6.54 Å². The van der Waals surface area contributed by atoms with E-state index >= 15 is 0 Å². The van der Waals surface area contributed by atoms with Gasteiger partial charge < -0.3 is 5.32 Å². The first-order valence-corrected chi connectivity index (χ1v) is 5.97. The molecule has 0 unspecified atom stereocenters. The molecule has 2 nitrogen and oxygen atoms in total. The van der Waals surface area contributed by atoms with Crippen LogP contribution in [0.25, 0.3) is 0 Å². The summed E-state index contributed by atoms with van der Waals surface area (Å²) in [6.07, 6.45) is 4.90. The molecule has 0 heterocycles. The Bertz CT molecular complexity index is 343. The molecule has 15 heavy (non-hydrogen) atoms. The summed E-state index contributed by atoms with van der Waals surface area (Å²) in [6, 6.07) is 7.54. The summed E-state index contributed by atoms with van der Waals surface area (Å²) in [5, 5.41) is 2.86. The molecule has 0 fully saturated rings. The first-order chi connectivity index (χ1) is 7.24. The minimum atomic E-state index is -0.00379. The van der Waals surface area contributed by atoms with E-state index in [0.717, 1.165) is 15.6 Å². The van der Waals surface area contributed by atoms with Crippen LogP contribution in [0.4, 0.5) is 0 Å². The maximum Gasteiger partial charge on any atom is 0.251 e. The lowest BCUT2D eigenvalue weighted by Gasteiger charge is -2.03. The Morgan fingerprint density at radius 2 is 2.07 bits per heavy atom. The Morgan fingerprint density at radius 3 is 2.67 bits per heavy atom. The average molecular weight is 315 g/mol. The summed E-state index contributed by atoms with van der Waals surface area (Å²) in [4.78, 5) is 11.6. The van der Waals surface area contributed by atoms with Crippen molar-refractivity contribution in [2.45, 2.75) is 13.3 Å². The van der Waals surface area contributed by atoms with E-state index in [1.807, 2.05) is 43.3 Å². The zero-order chi connectivity index (χ0) is 11.1. The van der Waals surface area contributed by atoms with Gasteiger partial charge in [-0.1, -0.05) is 12.2 Å². The van der Waals surface area contributed by atoms with Crippen molar-refractivity contribution in [2.24, 2.45) is 0 Å². The maximum atomic E-state index is 11.6. The molecule has 0 aliphatic heterocycles. The van der Waals surface area contributed by atoms with Gasteiger partial charge in [0, 0.05) is 15.7 Å². The van der Waals surface area contributed by atoms with Crippen LogP contribution in [0.3, 0.4) is 0 Å². The van der Waals surface area contributed by atoms with E-state index in [1.165, 1.54) is 0 Å². The summed E-state index contributed by atoms with van der Waals surface area (Å²) in [7, 11) is 0. The molecule has 0 saturated carbocycles. The highest BCUT2D eigenvalue weighted by molar-refractivity contribution is 14.1. The average Bonchev–Trinajstić information content (AvgIpc) is 2.25. The normalized spacial score (nSPS) is 10.5. The second-order valence-electron chi connectivity index (χ2n) is 3.12.